The molecule has 0 saturated heterocycles. The highest BCUT2D eigenvalue weighted by Gasteiger charge is 2.36. The van der Waals surface area contributed by atoms with Crippen LogP contribution in [0.4, 0.5) is 13.2 Å². The van der Waals surface area contributed by atoms with Gasteiger partial charge in [-0.25, -0.2) is 0 Å². The van der Waals surface area contributed by atoms with Gasteiger partial charge in [0.15, 0.2) is 5.96 Å². The van der Waals surface area contributed by atoms with Gasteiger partial charge in [0.25, 0.3) is 0 Å². The third-order valence-corrected chi connectivity index (χ3v) is 3.81. The summed E-state index contributed by atoms with van der Waals surface area (Å²) in [6, 6.07) is 0. The zero-order chi connectivity index (χ0) is 15.1. The molecule has 0 spiro atoms. The molecule has 0 radical (unpaired) electrons. The van der Waals surface area contributed by atoms with Crippen LogP contribution < -0.4 is 10.6 Å². The number of hydrogen-bond acceptors (Lipinski definition) is 2. The topological polar surface area (TPSA) is 45.7 Å². The number of guanidine groups is 1. The van der Waals surface area contributed by atoms with Gasteiger partial charge in [0.2, 0.25) is 0 Å². The fourth-order valence-corrected chi connectivity index (χ4v) is 2.32. The van der Waals surface area contributed by atoms with Crippen LogP contribution in [0, 0.1) is 5.41 Å². The molecule has 1 fully saturated rings. The molecule has 0 heterocycles. The summed E-state index contributed by atoms with van der Waals surface area (Å²) in [6.07, 6.45) is -0.574. The van der Waals surface area contributed by atoms with Crippen LogP contribution >= 0.6 is 0 Å². The predicted octanol–water partition coefficient (Wildman–Crippen LogP) is 2.31. The molecule has 0 aromatic heterocycles. The molecule has 0 unspecified atom stereocenters. The van der Waals surface area contributed by atoms with Gasteiger partial charge < -0.3 is 15.4 Å². The zero-order valence-electron chi connectivity index (χ0n) is 12.1. The van der Waals surface area contributed by atoms with Gasteiger partial charge >= 0.3 is 6.18 Å². The Bertz CT molecular complexity index is 314. The van der Waals surface area contributed by atoms with Crippen molar-refractivity contribution in [3.8, 4) is 0 Å². The van der Waals surface area contributed by atoms with Crippen molar-refractivity contribution in [2.24, 2.45) is 10.4 Å². The van der Waals surface area contributed by atoms with E-state index in [1.54, 1.807) is 14.2 Å². The van der Waals surface area contributed by atoms with Crippen LogP contribution in [0.1, 0.15) is 32.1 Å². The number of methoxy groups -OCH3 is 1. The summed E-state index contributed by atoms with van der Waals surface area (Å²) in [5, 5.41) is 5.81. The average molecular weight is 295 g/mol. The minimum Gasteiger partial charge on any atom is -0.385 e. The fourth-order valence-electron chi connectivity index (χ4n) is 2.32. The van der Waals surface area contributed by atoms with Crippen molar-refractivity contribution in [3.63, 3.8) is 0 Å². The van der Waals surface area contributed by atoms with Crippen molar-refractivity contribution in [1.29, 1.82) is 0 Å². The Morgan fingerprint density at radius 2 is 2.00 bits per heavy atom. The fraction of sp³-hybridized carbons (Fsp3) is 0.923. The van der Waals surface area contributed by atoms with Gasteiger partial charge in [0.1, 0.15) is 0 Å². The van der Waals surface area contributed by atoms with Crippen LogP contribution in [0.25, 0.3) is 0 Å². The SMILES string of the molecule is CN=C(NCCC(F)(F)F)NCC1(CCOC)CCC1. The summed E-state index contributed by atoms with van der Waals surface area (Å²) in [7, 11) is 3.24. The van der Waals surface area contributed by atoms with Crippen molar-refractivity contribution >= 4 is 5.96 Å². The molecule has 0 aromatic carbocycles. The van der Waals surface area contributed by atoms with E-state index < -0.39 is 12.6 Å². The molecule has 118 valence electrons. The van der Waals surface area contributed by atoms with Gasteiger partial charge in [0.05, 0.1) is 6.42 Å². The van der Waals surface area contributed by atoms with Crippen LogP contribution in [0.3, 0.4) is 0 Å². The lowest BCUT2D eigenvalue weighted by molar-refractivity contribution is -0.132. The van der Waals surface area contributed by atoms with Gasteiger partial charge in [-0.1, -0.05) is 6.42 Å². The van der Waals surface area contributed by atoms with Crippen molar-refractivity contribution in [2.45, 2.75) is 38.3 Å². The summed E-state index contributed by atoms with van der Waals surface area (Å²) in [4.78, 5) is 3.95. The van der Waals surface area contributed by atoms with E-state index in [4.69, 9.17) is 4.74 Å². The maximum atomic E-state index is 12.1. The van der Waals surface area contributed by atoms with E-state index in [2.05, 4.69) is 15.6 Å². The quantitative estimate of drug-likeness (QED) is 0.559. The third-order valence-electron chi connectivity index (χ3n) is 3.81. The highest BCUT2D eigenvalue weighted by Crippen LogP contribution is 2.43. The first-order valence-electron chi connectivity index (χ1n) is 6.91. The number of alkyl halides is 3. The molecule has 0 aliphatic heterocycles. The van der Waals surface area contributed by atoms with Crippen LogP contribution in [0.2, 0.25) is 0 Å². The van der Waals surface area contributed by atoms with Crippen LogP contribution in [-0.2, 0) is 4.74 Å². The number of nitrogens with one attached hydrogen (secondary N) is 2. The lowest BCUT2D eigenvalue weighted by Crippen LogP contribution is -2.47. The summed E-state index contributed by atoms with van der Waals surface area (Å²) in [5.74, 6) is 0.429. The zero-order valence-corrected chi connectivity index (χ0v) is 12.1. The molecule has 1 aliphatic carbocycles. The second-order valence-corrected chi connectivity index (χ2v) is 5.31. The molecule has 2 N–H and O–H groups in total. The van der Waals surface area contributed by atoms with Crippen LogP contribution in [0.5, 0.6) is 0 Å². The lowest BCUT2D eigenvalue weighted by Gasteiger charge is -2.42. The van der Waals surface area contributed by atoms with Crippen molar-refractivity contribution in [1.82, 2.24) is 10.6 Å². The Balaban J connectivity index is 2.30. The highest BCUT2D eigenvalue weighted by atomic mass is 19.4. The van der Waals surface area contributed by atoms with Gasteiger partial charge in [-0.3, -0.25) is 4.99 Å². The summed E-state index contributed by atoms with van der Waals surface area (Å²) < 4.78 is 41.3. The van der Waals surface area contributed by atoms with Gasteiger partial charge in [-0.15, -0.1) is 0 Å². The number of nitrogens with zero attached hydrogens (tertiary/aromatic N) is 1. The Kier molecular flexibility index (Phi) is 6.58. The molecule has 1 aliphatic rings. The number of halogens is 3. The summed E-state index contributed by atoms with van der Waals surface area (Å²) >= 11 is 0. The molecule has 4 nitrogen and oxygen atoms in total. The molecule has 20 heavy (non-hydrogen) atoms. The molecule has 1 rings (SSSR count). The number of ether oxygens (including phenoxy) is 1. The van der Waals surface area contributed by atoms with E-state index >= 15 is 0 Å². The van der Waals surface area contributed by atoms with Crippen molar-refractivity contribution < 1.29 is 17.9 Å². The number of rotatable bonds is 7. The molecule has 0 atom stereocenters. The smallest absolute Gasteiger partial charge is 0.385 e. The first-order valence-corrected chi connectivity index (χ1v) is 6.91. The van der Waals surface area contributed by atoms with E-state index in [0.29, 0.717) is 12.6 Å². The highest BCUT2D eigenvalue weighted by molar-refractivity contribution is 5.79. The number of hydrogen-bond donors (Lipinski definition) is 2. The standard InChI is InChI=1S/C13H24F3N3O/c1-17-11(18-8-6-13(14,15)16)19-10-12(4-3-5-12)7-9-20-2/h3-10H2,1-2H3,(H2,17,18,19). The van der Waals surface area contributed by atoms with E-state index in [-0.39, 0.29) is 12.0 Å². The Labute approximate surface area is 118 Å². The van der Waals surface area contributed by atoms with Crippen LogP contribution in [0.15, 0.2) is 4.99 Å². The first-order chi connectivity index (χ1) is 9.41. The molecule has 0 aromatic rings. The van der Waals surface area contributed by atoms with E-state index in [1.165, 1.54) is 6.42 Å². The minimum absolute atomic E-state index is 0.158. The number of aliphatic imine (C=N–C) groups is 1. The Morgan fingerprint density at radius 3 is 2.45 bits per heavy atom. The maximum absolute atomic E-state index is 12.1. The first kappa shape index (κ1) is 17.1. The Morgan fingerprint density at radius 1 is 1.30 bits per heavy atom. The van der Waals surface area contributed by atoms with Gasteiger partial charge in [-0.05, 0) is 24.7 Å². The summed E-state index contributed by atoms with van der Waals surface area (Å²) in [6.45, 7) is 1.28. The van der Waals surface area contributed by atoms with Crippen LogP contribution in [-0.4, -0.2) is 46.0 Å². The van der Waals surface area contributed by atoms with Gasteiger partial charge in [0, 0.05) is 33.9 Å². The predicted molar refractivity (Wildman–Crippen MR) is 72.8 cm³/mol. The van der Waals surface area contributed by atoms with E-state index in [1.807, 2.05) is 0 Å². The lowest BCUT2D eigenvalue weighted by atomic mass is 9.67. The summed E-state index contributed by atoms with van der Waals surface area (Å²) in [5.41, 5.74) is 0.206. The van der Waals surface area contributed by atoms with E-state index in [9.17, 15) is 13.2 Å². The Hall–Kier alpha value is -0.980. The minimum atomic E-state index is -4.14. The second-order valence-electron chi connectivity index (χ2n) is 5.31. The molecule has 0 amide bonds. The van der Waals surface area contributed by atoms with Crippen molar-refractivity contribution in [3.05, 3.63) is 0 Å². The average Bonchev–Trinajstić information content (AvgIpc) is 2.33. The monoisotopic (exact) mass is 295 g/mol. The molecular weight excluding hydrogens is 271 g/mol. The molecule has 1 saturated carbocycles. The third kappa shape index (κ3) is 5.98. The molecular formula is C13H24F3N3O. The second kappa shape index (κ2) is 7.71. The molecule has 7 heteroatoms. The normalized spacial score (nSPS) is 18.6. The maximum Gasteiger partial charge on any atom is 0.390 e. The van der Waals surface area contributed by atoms with E-state index in [0.717, 1.165) is 25.8 Å². The molecule has 0 bridgehead atoms. The van der Waals surface area contributed by atoms with Crippen molar-refractivity contribution in [2.75, 3.05) is 33.9 Å². The van der Waals surface area contributed by atoms with Gasteiger partial charge in [-0.2, -0.15) is 13.2 Å². The largest absolute Gasteiger partial charge is 0.390 e.